The van der Waals surface area contributed by atoms with E-state index in [1.54, 1.807) is 0 Å². The lowest BCUT2D eigenvalue weighted by atomic mass is 10.1. The highest BCUT2D eigenvalue weighted by Gasteiger charge is 2.06. The SMILES string of the molecule is CCCCCCC(Cl)CCC(=O)O. The number of carboxylic acids is 1. The van der Waals surface area contributed by atoms with Crippen molar-refractivity contribution < 1.29 is 9.90 Å². The van der Waals surface area contributed by atoms with Crippen molar-refractivity contribution in [2.75, 3.05) is 0 Å². The summed E-state index contributed by atoms with van der Waals surface area (Å²) in [7, 11) is 0. The van der Waals surface area contributed by atoms with Gasteiger partial charge in [0.05, 0.1) is 0 Å². The van der Waals surface area contributed by atoms with Gasteiger partial charge in [0.25, 0.3) is 0 Å². The maximum Gasteiger partial charge on any atom is 0.303 e. The first-order valence-corrected chi connectivity index (χ1v) is 5.46. The lowest BCUT2D eigenvalue weighted by molar-refractivity contribution is -0.137. The summed E-state index contributed by atoms with van der Waals surface area (Å²) < 4.78 is 0. The molecule has 0 spiro atoms. The Balaban J connectivity index is 3.19. The quantitative estimate of drug-likeness (QED) is 0.488. The van der Waals surface area contributed by atoms with Gasteiger partial charge < -0.3 is 5.11 Å². The van der Waals surface area contributed by atoms with E-state index in [0.717, 1.165) is 12.8 Å². The highest BCUT2D eigenvalue weighted by molar-refractivity contribution is 6.20. The van der Waals surface area contributed by atoms with Crippen LogP contribution in [0.15, 0.2) is 0 Å². The van der Waals surface area contributed by atoms with E-state index in [0.29, 0.717) is 6.42 Å². The standard InChI is InChI=1S/C10H19ClO2/c1-2-3-4-5-6-9(11)7-8-10(12)13/h9H,2-8H2,1H3,(H,12,13). The number of hydrogen-bond acceptors (Lipinski definition) is 1. The number of carboxylic acid groups (broad SMARTS) is 1. The van der Waals surface area contributed by atoms with Crippen LogP contribution in [-0.4, -0.2) is 16.5 Å². The number of rotatable bonds is 8. The summed E-state index contributed by atoms with van der Waals surface area (Å²) >= 11 is 5.94. The Kier molecular flexibility index (Phi) is 8.21. The second-order valence-electron chi connectivity index (χ2n) is 3.38. The van der Waals surface area contributed by atoms with E-state index in [2.05, 4.69) is 6.92 Å². The molecule has 0 bridgehead atoms. The summed E-state index contributed by atoms with van der Waals surface area (Å²) in [6, 6.07) is 0. The average Bonchev–Trinajstić information content (AvgIpc) is 2.09. The zero-order valence-electron chi connectivity index (χ0n) is 8.26. The molecule has 2 nitrogen and oxygen atoms in total. The molecule has 0 radical (unpaired) electrons. The van der Waals surface area contributed by atoms with Crippen LogP contribution in [0.5, 0.6) is 0 Å². The van der Waals surface area contributed by atoms with E-state index >= 15 is 0 Å². The van der Waals surface area contributed by atoms with Crippen molar-refractivity contribution in [3.8, 4) is 0 Å². The predicted molar refractivity (Wildman–Crippen MR) is 55.3 cm³/mol. The van der Waals surface area contributed by atoms with Crippen LogP contribution in [-0.2, 0) is 4.79 Å². The molecule has 78 valence electrons. The van der Waals surface area contributed by atoms with Gasteiger partial charge in [-0.05, 0) is 12.8 Å². The molecule has 0 aromatic rings. The minimum Gasteiger partial charge on any atom is -0.481 e. The van der Waals surface area contributed by atoms with Crippen LogP contribution in [0.2, 0.25) is 0 Å². The Morgan fingerprint density at radius 2 is 2.00 bits per heavy atom. The second-order valence-corrected chi connectivity index (χ2v) is 4.00. The van der Waals surface area contributed by atoms with Gasteiger partial charge in [0.1, 0.15) is 0 Å². The lowest BCUT2D eigenvalue weighted by Crippen LogP contribution is -2.03. The van der Waals surface area contributed by atoms with Crippen LogP contribution in [0.3, 0.4) is 0 Å². The summed E-state index contributed by atoms with van der Waals surface area (Å²) in [6.45, 7) is 2.17. The Morgan fingerprint density at radius 1 is 1.31 bits per heavy atom. The number of alkyl halides is 1. The molecule has 0 aliphatic rings. The third-order valence-corrected chi connectivity index (χ3v) is 2.48. The van der Waals surface area contributed by atoms with E-state index in [1.165, 1.54) is 19.3 Å². The summed E-state index contributed by atoms with van der Waals surface area (Å²) in [5.41, 5.74) is 0. The van der Waals surface area contributed by atoms with Gasteiger partial charge in [-0.25, -0.2) is 0 Å². The average molecular weight is 207 g/mol. The minimum absolute atomic E-state index is 0.0490. The van der Waals surface area contributed by atoms with Gasteiger partial charge in [0.15, 0.2) is 0 Å². The van der Waals surface area contributed by atoms with Crippen LogP contribution in [0.25, 0.3) is 0 Å². The van der Waals surface area contributed by atoms with Gasteiger partial charge in [-0.3, -0.25) is 4.79 Å². The maximum absolute atomic E-state index is 10.2. The zero-order chi connectivity index (χ0) is 10.1. The molecule has 1 unspecified atom stereocenters. The Labute approximate surface area is 85.3 Å². The molecule has 0 aromatic carbocycles. The van der Waals surface area contributed by atoms with Gasteiger partial charge in [-0.1, -0.05) is 32.6 Å². The van der Waals surface area contributed by atoms with E-state index in [9.17, 15) is 4.79 Å². The van der Waals surface area contributed by atoms with Crippen LogP contribution < -0.4 is 0 Å². The van der Waals surface area contributed by atoms with Crippen LogP contribution in [0, 0.1) is 0 Å². The predicted octanol–water partition coefficient (Wildman–Crippen LogP) is 3.43. The van der Waals surface area contributed by atoms with Crippen molar-refractivity contribution >= 4 is 17.6 Å². The smallest absolute Gasteiger partial charge is 0.303 e. The molecule has 1 atom stereocenters. The summed E-state index contributed by atoms with van der Waals surface area (Å²) in [4.78, 5) is 10.2. The lowest BCUT2D eigenvalue weighted by Gasteiger charge is -2.06. The number of hydrogen-bond donors (Lipinski definition) is 1. The Morgan fingerprint density at radius 3 is 2.54 bits per heavy atom. The summed E-state index contributed by atoms with van der Waals surface area (Å²) in [5.74, 6) is -0.751. The van der Waals surface area contributed by atoms with E-state index in [1.807, 2.05) is 0 Å². The van der Waals surface area contributed by atoms with Crippen molar-refractivity contribution in [1.29, 1.82) is 0 Å². The number of carbonyl (C=O) groups is 1. The zero-order valence-corrected chi connectivity index (χ0v) is 9.02. The van der Waals surface area contributed by atoms with Crippen molar-refractivity contribution in [3.05, 3.63) is 0 Å². The third kappa shape index (κ3) is 9.68. The molecule has 0 saturated carbocycles. The first-order valence-electron chi connectivity index (χ1n) is 5.02. The van der Waals surface area contributed by atoms with Gasteiger partial charge in [-0.15, -0.1) is 11.6 Å². The minimum atomic E-state index is -0.751. The second kappa shape index (κ2) is 8.36. The largest absolute Gasteiger partial charge is 0.481 e. The van der Waals surface area contributed by atoms with Crippen LogP contribution in [0.4, 0.5) is 0 Å². The van der Waals surface area contributed by atoms with Crippen molar-refractivity contribution in [3.63, 3.8) is 0 Å². The van der Waals surface area contributed by atoms with Gasteiger partial charge >= 0.3 is 5.97 Å². The molecule has 1 N–H and O–H groups in total. The van der Waals surface area contributed by atoms with Gasteiger partial charge in [0.2, 0.25) is 0 Å². The summed E-state index contributed by atoms with van der Waals surface area (Å²) in [6.07, 6.45) is 6.57. The van der Waals surface area contributed by atoms with Crippen molar-refractivity contribution in [2.24, 2.45) is 0 Å². The van der Waals surface area contributed by atoms with Gasteiger partial charge in [0, 0.05) is 11.8 Å². The fourth-order valence-electron chi connectivity index (χ4n) is 1.22. The molecule has 0 aliphatic heterocycles. The van der Waals surface area contributed by atoms with Crippen LogP contribution in [0.1, 0.15) is 51.9 Å². The number of halogens is 1. The maximum atomic E-state index is 10.2. The first-order chi connectivity index (χ1) is 6.16. The molecule has 0 saturated heterocycles. The molecule has 13 heavy (non-hydrogen) atoms. The topological polar surface area (TPSA) is 37.3 Å². The van der Waals surface area contributed by atoms with Crippen LogP contribution >= 0.6 is 11.6 Å². The molecule has 0 rings (SSSR count). The molecule has 0 aromatic heterocycles. The van der Waals surface area contributed by atoms with Crippen molar-refractivity contribution in [2.45, 2.75) is 57.2 Å². The van der Waals surface area contributed by atoms with E-state index in [4.69, 9.17) is 16.7 Å². The monoisotopic (exact) mass is 206 g/mol. The molecule has 0 fully saturated rings. The Hall–Kier alpha value is -0.240. The Bertz CT molecular complexity index is 137. The molecule has 0 heterocycles. The molecule has 0 amide bonds. The third-order valence-electron chi connectivity index (χ3n) is 2.04. The number of unbranched alkanes of at least 4 members (excludes halogenated alkanes) is 3. The molecular formula is C10H19ClO2. The fraction of sp³-hybridized carbons (Fsp3) is 0.900. The number of aliphatic carboxylic acids is 1. The first kappa shape index (κ1) is 12.8. The summed E-state index contributed by atoms with van der Waals surface area (Å²) in [5, 5.41) is 8.46. The van der Waals surface area contributed by atoms with E-state index in [-0.39, 0.29) is 11.8 Å². The fourth-order valence-corrected chi connectivity index (χ4v) is 1.48. The normalized spacial score (nSPS) is 12.8. The highest BCUT2D eigenvalue weighted by atomic mass is 35.5. The molecular weight excluding hydrogens is 188 g/mol. The molecule has 3 heteroatoms. The van der Waals surface area contributed by atoms with Gasteiger partial charge in [-0.2, -0.15) is 0 Å². The molecule has 0 aliphatic carbocycles. The van der Waals surface area contributed by atoms with E-state index < -0.39 is 5.97 Å². The highest BCUT2D eigenvalue weighted by Crippen LogP contribution is 2.14. The van der Waals surface area contributed by atoms with Crippen molar-refractivity contribution in [1.82, 2.24) is 0 Å².